The van der Waals surface area contributed by atoms with Gasteiger partial charge in [-0.2, -0.15) is 0 Å². The van der Waals surface area contributed by atoms with E-state index in [9.17, 15) is 4.79 Å². The molecule has 0 saturated heterocycles. The largest absolute Gasteiger partial charge is 0.493 e. The average Bonchev–Trinajstić information content (AvgIpc) is 2.68. The van der Waals surface area contributed by atoms with E-state index in [0.29, 0.717) is 0 Å². The van der Waals surface area contributed by atoms with Crippen LogP contribution in [0.25, 0.3) is 0 Å². The standard InChI is InChI=1S/C22H28BrNO2/c1-3-24(4-2)22(25)19-13-11-18(12-14-19)17-20-9-5-6-10-21(20)26-16-8-7-15-23/h5-6,9-14H,3-4,7-8,15-17H2,1-2H3. The lowest BCUT2D eigenvalue weighted by atomic mass is 10.0. The molecule has 0 saturated carbocycles. The highest BCUT2D eigenvalue weighted by Crippen LogP contribution is 2.22. The van der Waals surface area contributed by atoms with Crippen LogP contribution in [0, 0.1) is 0 Å². The number of rotatable bonds is 10. The minimum absolute atomic E-state index is 0.0945. The summed E-state index contributed by atoms with van der Waals surface area (Å²) in [7, 11) is 0. The van der Waals surface area contributed by atoms with Gasteiger partial charge in [0.25, 0.3) is 5.91 Å². The summed E-state index contributed by atoms with van der Waals surface area (Å²) in [5.74, 6) is 1.04. The maximum absolute atomic E-state index is 12.4. The van der Waals surface area contributed by atoms with Crippen LogP contribution in [0.1, 0.15) is 48.2 Å². The van der Waals surface area contributed by atoms with Gasteiger partial charge in [0.1, 0.15) is 5.75 Å². The van der Waals surface area contributed by atoms with Gasteiger partial charge >= 0.3 is 0 Å². The predicted molar refractivity (Wildman–Crippen MR) is 111 cm³/mol. The molecule has 0 aliphatic heterocycles. The fourth-order valence-electron chi connectivity index (χ4n) is 2.85. The molecule has 1 amide bonds. The summed E-state index contributed by atoms with van der Waals surface area (Å²) in [6.45, 7) is 6.21. The van der Waals surface area contributed by atoms with Crippen molar-refractivity contribution in [2.45, 2.75) is 33.1 Å². The van der Waals surface area contributed by atoms with Crippen molar-refractivity contribution in [1.29, 1.82) is 0 Å². The average molecular weight is 418 g/mol. The second kappa shape index (κ2) is 11.0. The van der Waals surface area contributed by atoms with E-state index in [4.69, 9.17) is 4.74 Å². The molecule has 0 aliphatic rings. The zero-order valence-corrected chi connectivity index (χ0v) is 17.3. The number of para-hydroxylation sites is 1. The highest BCUT2D eigenvalue weighted by molar-refractivity contribution is 9.09. The summed E-state index contributed by atoms with van der Waals surface area (Å²) in [4.78, 5) is 14.2. The van der Waals surface area contributed by atoms with Gasteiger partial charge in [0.2, 0.25) is 0 Å². The van der Waals surface area contributed by atoms with Gasteiger partial charge in [0.05, 0.1) is 6.61 Å². The van der Waals surface area contributed by atoms with Crippen LogP contribution in [0.5, 0.6) is 5.75 Å². The Labute approximate surface area is 165 Å². The molecular formula is C22H28BrNO2. The Bertz CT molecular complexity index is 681. The van der Waals surface area contributed by atoms with Gasteiger partial charge in [0, 0.05) is 30.4 Å². The number of hydrogen-bond donors (Lipinski definition) is 0. The monoisotopic (exact) mass is 417 g/mol. The molecule has 0 aliphatic carbocycles. The predicted octanol–water partition coefficient (Wildman–Crippen LogP) is 5.31. The third-order valence-electron chi connectivity index (χ3n) is 4.40. The van der Waals surface area contributed by atoms with E-state index < -0.39 is 0 Å². The lowest BCUT2D eigenvalue weighted by Gasteiger charge is -2.18. The van der Waals surface area contributed by atoms with Gasteiger partial charge in [-0.05, 0) is 56.0 Å². The minimum Gasteiger partial charge on any atom is -0.493 e. The Hall–Kier alpha value is -1.81. The zero-order chi connectivity index (χ0) is 18.8. The summed E-state index contributed by atoms with van der Waals surface area (Å²) in [5.41, 5.74) is 3.10. The highest BCUT2D eigenvalue weighted by Gasteiger charge is 2.12. The number of halogens is 1. The number of amides is 1. The third-order valence-corrected chi connectivity index (χ3v) is 4.96. The maximum atomic E-state index is 12.4. The van der Waals surface area contributed by atoms with Crippen LogP contribution in [0.3, 0.4) is 0 Å². The van der Waals surface area contributed by atoms with Crippen LogP contribution in [-0.2, 0) is 6.42 Å². The van der Waals surface area contributed by atoms with Crippen molar-refractivity contribution in [3.05, 3.63) is 65.2 Å². The first kappa shape index (κ1) is 20.5. The van der Waals surface area contributed by atoms with Crippen molar-refractivity contribution in [3.8, 4) is 5.75 Å². The SMILES string of the molecule is CCN(CC)C(=O)c1ccc(Cc2ccccc2OCCCCBr)cc1. The molecule has 0 bridgehead atoms. The first-order valence-electron chi connectivity index (χ1n) is 9.34. The smallest absolute Gasteiger partial charge is 0.253 e. The van der Waals surface area contributed by atoms with E-state index in [1.165, 1.54) is 11.1 Å². The van der Waals surface area contributed by atoms with Gasteiger partial charge in [-0.3, -0.25) is 4.79 Å². The molecular weight excluding hydrogens is 390 g/mol. The summed E-state index contributed by atoms with van der Waals surface area (Å²) < 4.78 is 5.95. The Kier molecular flexibility index (Phi) is 8.69. The second-order valence-electron chi connectivity index (χ2n) is 6.20. The molecule has 4 heteroatoms. The topological polar surface area (TPSA) is 29.5 Å². The summed E-state index contributed by atoms with van der Waals surface area (Å²) in [6.07, 6.45) is 2.96. The molecule has 0 N–H and O–H groups in total. The van der Waals surface area contributed by atoms with Crippen molar-refractivity contribution in [2.24, 2.45) is 0 Å². The lowest BCUT2D eigenvalue weighted by molar-refractivity contribution is 0.0773. The first-order valence-corrected chi connectivity index (χ1v) is 10.5. The van der Waals surface area contributed by atoms with Crippen LogP contribution in [-0.4, -0.2) is 35.8 Å². The Morgan fingerprint density at radius 3 is 2.35 bits per heavy atom. The maximum Gasteiger partial charge on any atom is 0.253 e. The van der Waals surface area contributed by atoms with Crippen LogP contribution in [0.2, 0.25) is 0 Å². The molecule has 3 nitrogen and oxygen atoms in total. The van der Waals surface area contributed by atoms with Gasteiger partial charge < -0.3 is 9.64 Å². The quantitative estimate of drug-likeness (QED) is 0.386. The number of unbranched alkanes of at least 4 members (excludes halogenated alkanes) is 1. The number of benzene rings is 2. The number of ether oxygens (including phenoxy) is 1. The Balaban J connectivity index is 2.04. The van der Waals surface area contributed by atoms with E-state index in [0.717, 1.165) is 55.6 Å². The van der Waals surface area contributed by atoms with E-state index in [1.807, 2.05) is 61.2 Å². The summed E-state index contributed by atoms with van der Waals surface area (Å²) >= 11 is 3.45. The van der Waals surface area contributed by atoms with Crippen LogP contribution >= 0.6 is 15.9 Å². The Morgan fingerprint density at radius 2 is 1.69 bits per heavy atom. The highest BCUT2D eigenvalue weighted by atomic mass is 79.9. The van der Waals surface area contributed by atoms with E-state index in [1.54, 1.807) is 0 Å². The number of hydrogen-bond acceptors (Lipinski definition) is 2. The molecule has 0 spiro atoms. The molecule has 0 fully saturated rings. The molecule has 2 aromatic carbocycles. The van der Waals surface area contributed by atoms with Gasteiger partial charge in [0.15, 0.2) is 0 Å². The van der Waals surface area contributed by atoms with Crippen LogP contribution < -0.4 is 4.74 Å². The second-order valence-corrected chi connectivity index (χ2v) is 7.00. The van der Waals surface area contributed by atoms with Crippen LogP contribution in [0.15, 0.2) is 48.5 Å². The molecule has 2 rings (SSSR count). The normalized spacial score (nSPS) is 10.6. The van der Waals surface area contributed by atoms with Gasteiger partial charge in [-0.15, -0.1) is 0 Å². The summed E-state index contributed by atoms with van der Waals surface area (Å²) in [6, 6.07) is 16.1. The fraction of sp³-hybridized carbons (Fsp3) is 0.409. The molecule has 0 heterocycles. The fourth-order valence-corrected chi connectivity index (χ4v) is 3.24. The molecule has 0 aromatic heterocycles. The molecule has 140 valence electrons. The molecule has 0 atom stereocenters. The van der Waals surface area contributed by atoms with Gasteiger partial charge in [-0.1, -0.05) is 46.3 Å². The van der Waals surface area contributed by atoms with Crippen molar-refractivity contribution < 1.29 is 9.53 Å². The summed E-state index contributed by atoms with van der Waals surface area (Å²) in [5, 5.41) is 1.01. The molecule has 0 unspecified atom stereocenters. The molecule has 26 heavy (non-hydrogen) atoms. The van der Waals surface area contributed by atoms with E-state index in [2.05, 4.69) is 22.0 Å². The van der Waals surface area contributed by atoms with Crippen LogP contribution in [0.4, 0.5) is 0 Å². The number of carbonyl (C=O) groups excluding carboxylic acids is 1. The van der Waals surface area contributed by atoms with Crippen molar-refractivity contribution in [3.63, 3.8) is 0 Å². The number of alkyl halides is 1. The zero-order valence-electron chi connectivity index (χ0n) is 15.7. The Morgan fingerprint density at radius 1 is 1.00 bits per heavy atom. The van der Waals surface area contributed by atoms with Crippen molar-refractivity contribution >= 4 is 21.8 Å². The van der Waals surface area contributed by atoms with Crippen molar-refractivity contribution in [1.82, 2.24) is 4.90 Å². The lowest BCUT2D eigenvalue weighted by Crippen LogP contribution is -2.30. The van der Waals surface area contributed by atoms with E-state index >= 15 is 0 Å². The molecule has 0 radical (unpaired) electrons. The third kappa shape index (κ3) is 5.87. The first-order chi connectivity index (χ1) is 12.7. The van der Waals surface area contributed by atoms with Crippen molar-refractivity contribution in [2.75, 3.05) is 25.0 Å². The molecule has 2 aromatic rings. The number of carbonyl (C=O) groups is 1. The number of nitrogens with zero attached hydrogens (tertiary/aromatic N) is 1. The minimum atomic E-state index is 0.0945. The van der Waals surface area contributed by atoms with Gasteiger partial charge in [-0.25, -0.2) is 0 Å². The van der Waals surface area contributed by atoms with E-state index in [-0.39, 0.29) is 5.91 Å².